The van der Waals surface area contributed by atoms with Crippen molar-refractivity contribution < 1.29 is 29.0 Å². The molecule has 0 radical (unpaired) electrons. The van der Waals surface area contributed by atoms with Crippen LogP contribution in [0.5, 0.6) is 0 Å². The van der Waals surface area contributed by atoms with Crippen LogP contribution in [0.3, 0.4) is 0 Å². The van der Waals surface area contributed by atoms with Gasteiger partial charge in [0, 0.05) is 6.20 Å². The summed E-state index contributed by atoms with van der Waals surface area (Å²) in [4.78, 5) is 3.61. The Hall–Kier alpha value is -0.840. The zero-order valence-electron chi connectivity index (χ0n) is 10.9. The highest BCUT2D eigenvalue weighted by molar-refractivity contribution is 6.01. The van der Waals surface area contributed by atoms with Crippen LogP contribution in [0.4, 0.5) is 0 Å². The molecule has 1 aliphatic heterocycles. The molecule has 0 bridgehead atoms. The van der Waals surface area contributed by atoms with Gasteiger partial charge in [0.05, 0.1) is 12.0 Å². The number of rotatable bonds is 1. The Morgan fingerprint density at radius 1 is 1.39 bits per heavy atom. The van der Waals surface area contributed by atoms with Crippen LogP contribution >= 0.6 is 0 Å². The van der Waals surface area contributed by atoms with E-state index in [2.05, 4.69) is 66.0 Å². The van der Waals surface area contributed by atoms with Gasteiger partial charge in [0.25, 0.3) is 0 Å². The molecule has 1 N–H and O–H groups in total. The van der Waals surface area contributed by atoms with Gasteiger partial charge in [-0.3, -0.25) is 0 Å². The van der Waals surface area contributed by atoms with Gasteiger partial charge in [-0.05, 0) is 25.0 Å². The third kappa shape index (κ3) is 1.98. The zero-order chi connectivity index (χ0) is 11.9. The second-order valence-corrected chi connectivity index (χ2v) is 5.20. The molecule has 2 nitrogen and oxygen atoms in total. The predicted octanol–water partition coefficient (Wildman–Crippen LogP) is -1.86. The molecule has 1 aliphatic carbocycles. The van der Waals surface area contributed by atoms with Crippen molar-refractivity contribution in [3.05, 3.63) is 48.3 Å². The van der Waals surface area contributed by atoms with Crippen molar-refractivity contribution in [1.29, 1.82) is 0 Å². The van der Waals surface area contributed by atoms with Crippen LogP contribution < -0.4 is 29.0 Å². The summed E-state index contributed by atoms with van der Waals surface area (Å²) in [5.74, 6) is 0.524. The highest BCUT2D eigenvalue weighted by Gasteiger charge is 2.41. The maximum Gasteiger partial charge on any atom is 0.208 e. The number of fused-ring (bicyclic) bond motifs is 1. The number of hydrogen-bond donors (Lipinski definition) is 1. The molecule has 96 valence electrons. The summed E-state index contributed by atoms with van der Waals surface area (Å²) in [6, 6.07) is 4.35. The van der Waals surface area contributed by atoms with E-state index >= 15 is 0 Å². The molecule has 3 rings (SSSR count). The lowest BCUT2D eigenvalue weighted by Crippen LogP contribution is -3.00. The fourth-order valence-electron chi connectivity index (χ4n) is 2.84. The summed E-state index contributed by atoms with van der Waals surface area (Å²) in [6.07, 6.45) is 11.1. The minimum Gasteiger partial charge on any atom is -1.00 e. The van der Waals surface area contributed by atoms with Gasteiger partial charge in [0.15, 0.2) is 6.54 Å². The summed E-state index contributed by atoms with van der Waals surface area (Å²) in [5, 5.41) is 0. The first-order valence-corrected chi connectivity index (χ1v) is 6.34. The maximum absolute atomic E-state index is 3.61. The van der Waals surface area contributed by atoms with Crippen molar-refractivity contribution in [3.8, 4) is 0 Å². The largest absolute Gasteiger partial charge is 1.00 e. The standard InChI is InChI=1S/C15H18N2.HI/c1-12-6-3-4-8-15(12,2)14-13-7-5-10-17(13)11-9-16-14;/h3-8,10,12H,9,11H2,1-2H3;1H. The van der Waals surface area contributed by atoms with E-state index in [1.54, 1.807) is 0 Å². The first-order chi connectivity index (χ1) is 8.22. The van der Waals surface area contributed by atoms with Gasteiger partial charge in [-0.2, -0.15) is 0 Å². The van der Waals surface area contributed by atoms with E-state index in [4.69, 9.17) is 0 Å². The third-order valence-electron chi connectivity index (χ3n) is 4.18. The Balaban J connectivity index is 0.00000120. The number of hydrogen-bond acceptors (Lipinski definition) is 0. The van der Waals surface area contributed by atoms with E-state index in [0.717, 1.165) is 13.1 Å². The summed E-state index contributed by atoms with van der Waals surface area (Å²) in [7, 11) is 0. The molecule has 2 unspecified atom stereocenters. The van der Waals surface area contributed by atoms with Crippen molar-refractivity contribution in [2.75, 3.05) is 6.54 Å². The van der Waals surface area contributed by atoms with Crippen LogP contribution in [0.15, 0.2) is 42.6 Å². The second kappa shape index (κ2) is 5.03. The molecule has 0 amide bonds. The Labute approximate surface area is 126 Å². The predicted molar refractivity (Wildman–Crippen MR) is 69.9 cm³/mol. The molecule has 3 heteroatoms. The average molecular weight is 354 g/mol. The van der Waals surface area contributed by atoms with Crippen molar-refractivity contribution in [2.24, 2.45) is 11.3 Å². The summed E-state index contributed by atoms with van der Waals surface area (Å²) in [5.41, 5.74) is 2.79. The van der Waals surface area contributed by atoms with Crippen LogP contribution in [0.1, 0.15) is 19.5 Å². The van der Waals surface area contributed by atoms with Gasteiger partial charge >= 0.3 is 0 Å². The molecule has 1 aromatic heterocycles. The lowest BCUT2D eigenvalue weighted by Gasteiger charge is -2.32. The smallest absolute Gasteiger partial charge is 0.208 e. The van der Waals surface area contributed by atoms with E-state index in [1.807, 2.05) is 0 Å². The first-order valence-electron chi connectivity index (χ1n) is 6.34. The molecular formula is C15H19IN2. The second-order valence-electron chi connectivity index (χ2n) is 5.20. The van der Waals surface area contributed by atoms with Gasteiger partial charge in [-0.25, -0.2) is 4.99 Å². The summed E-state index contributed by atoms with van der Waals surface area (Å²) < 4.78 is 2.34. The normalized spacial score (nSPS) is 29.4. The monoisotopic (exact) mass is 354 g/mol. The van der Waals surface area contributed by atoms with Gasteiger partial charge in [-0.15, -0.1) is 0 Å². The molecule has 2 aliphatic rings. The van der Waals surface area contributed by atoms with Crippen molar-refractivity contribution in [3.63, 3.8) is 0 Å². The summed E-state index contributed by atoms with van der Waals surface area (Å²) >= 11 is 0. The van der Waals surface area contributed by atoms with E-state index in [-0.39, 0.29) is 29.4 Å². The van der Waals surface area contributed by atoms with Crippen LogP contribution in [0.2, 0.25) is 0 Å². The molecule has 0 spiro atoms. The zero-order valence-corrected chi connectivity index (χ0v) is 13.0. The van der Waals surface area contributed by atoms with E-state index in [9.17, 15) is 0 Å². The molecule has 0 fully saturated rings. The Morgan fingerprint density at radius 3 is 3.00 bits per heavy atom. The highest BCUT2D eigenvalue weighted by atomic mass is 127. The molecular weight excluding hydrogens is 335 g/mol. The number of aromatic nitrogens is 1. The third-order valence-corrected chi connectivity index (χ3v) is 4.18. The SMILES string of the molecule is CC1C=CC=CC1(C)C1=[NH+]CCn2cccc21.[I-]. The molecule has 18 heavy (non-hydrogen) atoms. The van der Waals surface area contributed by atoms with E-state index in [0.29, 0.717) is 5.92 Å². The quantitative estimate of drug-likeness (QED) is 0.571. The molecule has 1 aromatic rings. The highest BCUT2D eigenvalue weighted by Crippen LogP contribution is 2.35. The minimum atomic E-state index is 0. The van der Waals surface area contributed by atoms with Gasteiger partial charge in [0.1, 0.15) is 5.69 Å². The van der Waals surface area contributed by atoms with E-state index in [1.165, 1.54) is 11.4 Å². The molecule has 0 aromatic carbocycles. The van der Waals surface area contributed by atoms with Crippen molar-refractivity contribution in [1.82, 2.24) is 4.57 Å². The van der Waals surface area contributed by atoms with Crippen molar-refractivity contribution in [2.45, 2.75) is 20.4 Å². The Morgan fingerprint density at radius 2 is 2.22 bits per heavy atom. The van der Waals surface area contributed by atoms with Gasteiger partial charge in [-0.1, -0.05) is 31.2 Å². The summed E-state index contributed by atoms with van der Waals surface area (Å²) in [6.45, 7) is 6.70. The number of nitrogens with zero attached hydrogens (tertiary/aromatic N) is 1. The van der Waals surface area contributed by atoms with Gasteiger partial charge in [0.2, 0.25) is 5.71 Å². The van der Waals surface area contributed by atoms with Crippen LogP contribution in [0, 0.1) is 11.3 Å². The van der Waals surface area contributed by atoms with Crippen LogP contribution in [-0.2, 0) is 6.54 Å². The number of allylic oxidation sites excluding steroid dienone is 4. The molecule has 2 atom stereocenters. The Bertz CT molecular complexity index is 524. The molecule has 0 saturated carbocycles. The fraction of sp³-hybridized carbons (Fsp3) is 0.400. The Kier molecular flexibility index (Phi) is 3.80. The maximum atomic E-state index is 3.61. The molecule has 2 heterocycles. The first kappa shape index (κ1) is 13.6. The van der Waals surface area contributed by atoms with Crippen LogP contribution in [0.25, 0.3) is 0 Å². The number of nitrogens with one attached hydrogen (secondary N) is 1. The van der Waals surface area contributed by atoms with E-state index < -0.39 is 0 Å². The minimum absolute atomic E-state index is 0. The average Bonchev–Trinajstić information content (AvgIpc) is 2.81. The number of halogens is 1. The van der Waals surface area contributed by atoms with Crippen molar-refractivity contribution >= 4 is 5.71 Å². The lowest BCUT2D eigenvalue weighted by atomic mass is 9.70. The van der Waals surface area contributed by atoms with Gasteiger partial charge < -0.3 is 28.5 Å². The molecule has 0 saturated heterocycles. The topological polar surface area (TPSA) is 18.9 Å². The fourth-order valence-corrected chi connectivity index (χ4v) is 2.84. The van der Waals surface area contributed by atoms with Crippen LogP contribution in [-0.4, -0.2) is 16.8 Å². The lowest BCUT2D eigenvalue weighted by molar-refractivity contribution is -0.465.